The fraction of sp³-hybridized carbons (Fsp3) is 0.176. The third-order valence-corrected chi connectivity index (χ3v) is 5.27. The van der Waals surface area contributed by atoms with Crippen LogP contribution in [0.2, 0.25) is 0 Å². The van der Waals surface area contributed by atoms with Gasteiger partial charge in [0, 0.05) is 16.5 Å². The number of thioether (sulfide) groups is 1. The van der Waals surface area contributed by atoms with Crippen LogP contribution in [0.25, 0.3) is 11.3 Å². The van der Waals surface area contributed by atoms with Crippen LogP contribution in [0.5, 0.6) is 0 Å². The molecule has 2 aromatic heterocycles. The molecule has 2 N–H and O–H groups in total. The van der Waals surface area contributed by atoms with E-state index in [4.69, 9.17) is 0 Å². The summed E-state index contributed by atoms with van der Waals surface area (Å²) in [5.74, 6) is -0.0507. The van der Waals surface area contributed by atoms with E-state index < -0.39 is 0 Å². The molecule has 0 aliphatic heterocycles. The summed E-state index contributed by atoms with van der Waals surface area (Å²) < 4.78 is 0. The highest BCUT2D eigenvalue weighted by Gasteiger charge is 2.10. The topological polar surface area (TPSA) is 87.7 Å². The molecular weight excluding hydrogens is 356 g/mol. The van der Waals surface area contributed by atoms with Crippen LogP contribution in [0.3, 0.4) is 0 Å². The van der Waals surface area contributed by atoms with Crippen molar-refractivity contribution in [3.63, 3.8) is 0 Å². The predicted octanol–water partition coefficient (Wildman–Crippen LogP) is 3.24. The fourth-order valence-corrected chi connectivity index (χ4v) is 3.58. The van der Waals surface area contributed by atoms with Crippen LogP contribution < -0.4 is 10.9 Å². The fourth-order valence-electron chi connectivity index (χ4n) is 2.08. The number of hydrogen-bond donors (Lipinski definition) is 2. The minimum Gasteiger partial charge on any atom is -0.301 e. The molecule has 2 heterocycles. The standard InChI is InChI=1S/C17H16N4O2S2/c1-10-11(2)25-17(18-10)21-15(23)9-24-16-19-13(8-14(22)20-16)12-6-4-3-5-7-12/h3-8H,9H2,1-2H3,(H,18,21,23)(H,19,20,22). The highest BCUT2D eigenvalue weighted by molar-refractivity contribution is 7.99. The largest absolute Gasteiger partial charge is 0.301 e. The summed E-state index contributed by atoms with van der Waals surface area (Å²) in [5, 5.41) is 3.76. The molecule has 0 saturated carbocycles. The lowest BCUT2D eigenvalue weighted by Crippen LogP contribution is -2.15. The molecule has 128 valence electrons. The SMILES string of the molecule is Cc1nc(NC(=O)CSc2nc(-c3ccccc3)cc(=O)[nH]2)sc1C. The molecule has 1 amide bonds. The van der Waals surface area contributed by atoms with Crippen LogP contribution in [0.15, 0.2) is 46.3 Å². The average Bonchev–Trinajstić information content (AvgIpc) is 2.91. The Morgan fingerprint density at radius 2 is 2.00 bits per heavy atom. The minimum absolute atomic E-state index is 0.138. The number of carbonyl (C=O) groups excluding carboxylic acids is 1. The summed E-state index contributed by atoms with van der Waals surface area (Å²) in [5.41, 5.74) is 2.10. The van der Waals surface area contributed by atoms with Crippen molar-refractivity contribution in [2.45, 2.75) is 19.0 Å². The molecule has 0 unspecified atom stereocenters. The number of anilines is 1. The lowest BCUT2D eigenvalue weighted by atomic mass is 10.1. The van der Waals surface area contributed by atoms with Crippen LogP contribution in [0, 0.1) is 13.8 Å². The maximum absolute atomic E-state index is 12.1. The normalized spacial score (nSPS) is 10.6. The number of benzene rings is 1. The zero-order chi connectivity index (χ0) is 17.8. The maximum atomic E-state index is 12.1. The van der Waals surface area contributed by atoms with Gasteiger partial charge in [-0.3, -0.25) is 9.59 Å². The monoisotopic (exact) mass is 372 g/mol. The molecule has 0 bridgehead atoms. The molecule has 0 aliphatic carbocycles. The summed E-state index contributed by atoms with van der Waals surface area (Å²) in [6.45, 7) is 3.86. The van der Waals surface area contributed by atoms with Crippen LogP contribution in [0.4, 0.5) is 5.13 Å². The van der Waals surface area contributed by atoms with Crippen LogP contribution in [-0.2, 0) is 4.79 Å². The number of rotatable bonds is 5. The Kier molecular flexibility index (Phi) is 5.30. The van der Waals surface area contributed by atoms with Gasteiger partial charge in [0.2, 0.25) is 5.91 Å². The first kappa shape index (κ1) is 17.4. The van der Waals surface area contributed by atoms with E-state index in [1.807, 2.05) is 44.2 Å². The Hall–Kier alpha value is -2.45. The van der Waals surface area contributed by atoms with E-state index in [0.29, 0.717) is 16.0 Å². The van der Waals surface area contributed by atoms with Crippen molar-refractivity contribution in [3.8, 4) is 11.3 Å². The number of thiazole rings is 1. The second kappa shape index (κ2) is 7.62. The molecule has 8 heteroatoms. The first-order valence-corrected chi connectivity index (χ1v) is 9.35. The molecule has 0 atom stereocenters. The van der Waals surface area contributed by atoms with Gasteiger partial charge in [0.05, 0.1) is 17.1 Å². The van der Waals surface area contributed by atoms with E-state index in [-0.39, 0.29) is 17.2 Å². The number of nitrogens with one attached hydrogen (secondary N) is 2. The summed E-state index contributed by atoms with van der Waals surface area (Å²) in [6.07, 6.45) is 0. The van der Waals surface area contributed by atoms with E-state index >= 15 is 0 Å². The Labute approximate surface area is 152 Å². The van der Waals surface area contributed by atoms with Gasteiger partial charge in [-0.25, -0.2) is 9.97 Å². The Balaban J connectivity index is 1.67. The Morgan fingerprint density at radius 3 is 2.68 bits per heavy atom. The number of hydrogen-bond acceptors (Lipinski definition) is 6. The third kappa shape index (κ3) is 4.55. The average molecular weight is 372 g/mol. The molecule has 6 nitrogen and oxygen atoms in total. The van der Waals surface area contributed by atoms with E-state index in [9.17, 15) is 9.59 Å². The van der Waals surface area contributed by atoms with Crippen molar-refractivity contribution in [1.29, 1.82) is 0 Å². The Morgan fingerprint density at radius 1 is 1.24 bits per heavy atom. The molecule has 1 aromatic carbocycles. The van der Waals surface area contributed by atoms with Gasteiger partial charge < -0.3 is 10.3 Å². The molecule has 3 rings (SSSR count). The van der Waals surface area contributed by atoms with E-state index in [1.165, 1.54) is 29.2 Å². The summed E-state index contributed by atoms with van der Waals surface area (Å²) in [7, 11) is 0. The number of aromatic nitrogens is 3. The van der Waals surface area contributed by atoms with Crippen molar-refractivity contribution in [2.24, 2.45) is 0 Å². The highest BCUT2D eigenvalue weighted by Crippen LogP contribution is 2.22. The first-order chi connectivity index (χ1) is 12.0. The smallest absolute Gasteiger partial charge is 0.252 e. The van der Waals surface area contributed by atoms with Gasteiger partial charge in [-0.05, 0) is 13.8 Å². The summed E-state index contributed by atoms with van der Waals surface area (Å²) >= 11 is 2.62. The minimum atomic E-state index is -0.247. The van der Waals surface area contributed by atoms with Crippen LogP contribution in [-0.4, -0.2) is 26.6 Å². The van der Waals surface area contributed by atoms with Crippen LogP contribution >= 0.6 is 23.1 Å². The zero-order valence-electron chi connectivity index (χ0n) is 13.7. The molecule has 0 saturated heterocycles. The Bertz CT molecular complexity index is 931. The third-order valence-electron chi connectivity index (χ3n) is 3.40. The quantitative estimate of drug-likeness (QED) is 0.530. The van der Waals surface area contributed by atoms with E-state index in [1.54, 1.807) is 0 Å². The van der Waals surface area contributed by atoms with Crippen molar-refractivity contribution in [3.05, 3.63) is 57.3 Å². The number of amides is 1. The van der Waals surface area contributed by atoms with E-state index in [2.05, 4.69) is 20.3 Å². The summed E-state index contributed by atoms with van der Waals surface area (Å²) in [6, 6.07) is 10.9. The second-order valence-electron chi connectivity index (χ2n) is 5.30. The van der Waals surface area contributed by atoms with E-state index in [0.717, 1.165) is 16.1 Å². The van der Waals surface area contributed by atoms with Gasteiger partial charge in [-0.15, -0.1) is 11.3 Å². The summed E-state index contributed by atoms with van der Waals surface area (Å²) in [4.78, 5) is 36.3. The zero-order valence-corrected chi connectivity index (χ0v) is 15.3. The van der Waals surface area contributed by atoms with Gasteiger partial charge in [0.25, 0.3) is 5.56 Å². The second-order valence-corrected chi connectivity index (χ2v) is 7.47. The van der Waals surface area contributed by atoms with Crippen molar-refractivity contribution < 1.29 is 4.79 Å². The number of carbonyl (C=O) groups is 1. The highest BCUT2D eigenvalue weighted by atomic mass is 32.2. The van der Waals surface area contributed by atoms with Gasteiger partial charge in [0.1, 0.15) is 0 Å². The van der Waals surface area contributed by atoms with Gasteiger partial charge >= 0.3 is 0 Å². The number of aryl methyl sites for hydroxylation is 2. The van der Waals surface area contributed by atoms with Crippen LogP contribution in [0.1, 0.15) is 10.6 Å². The predicted molar refractivity (Wildman–Crippen MR) is 101 cm³/mol. The van der Waals surface area contributed by atoms with Gasteiger partial charge in [0.15, 0.2) is 10.3 Å². The first-order valence-electron chi connectivity index (χ1n) is 7.55. The number of aromatic amines is 1. The molecule has 3 aromatic rings. The van der Waals surface area contributed by atoms with Gasteiger partial charge in [-0.2, -0.15) is 0 Å². The van der Waals surface area contributed by atoms with Crippen molar-refractivity contribution in [2.75, 3.05) is 11.1 Å². The molecule has 0 spiro atoms. The lowest BCUT2D eigenvalue weighted by Gasteiger charge is -2.04. The number of nitrogens with zero attached hydrogens (tertiary/aromatic N) is 2. The molecule has 0 radical (unpaired) electrons. The number of H-pyrrole nitrogens is 1. The molecule has 25 heavy (non-hydrogen) atoms. The van der Waals surface area contributed by atoms with Gasteiger partial charge in [-0.1, -0.05) is 42.1 Å². The van der Waals surface area contributed by atoms with Crippen molar-refractivity contribution in [1.82, 2.24) is 15.0 Å². The molecule has 0 fully saturated rings. The molecule has 0 aliphatic rings. The maximum Gasteiger partial charge on any atom is 0.252 e. The lowest BCUT2D eigenvalue weighted by molar-refractivity contribution is -0.113. The molecular formula is C17H16N4O2S2. The van der Waals surface area contributed by atoms with Crippen molar-refractivity contribution >= 4 is 34.1 Å².